The van der Waals surface area contributed by atoms with Gasteiger partial charge in [0.15, 0.2) is 0 Å². The molecule has 3 aliphatic heterocycles. The average Bonchev–Trinajstić information content (AvgIpc) is 3.05. The maximum atomic E-state index is 12.3. The highest BCUT2D eigenvalue weighted by Crippen LogP contribution is 2.47. The average molecular weight is 387 g/mol. The van der Waals surface area contributed by atoms with Gasteiger partial charge in [0.25, 0.3) is 0 Å². The number of benzene rings is 1. The van der Waals surface area contributed by atoms with Crippen molar-refractivity contribution in [2.45, 2.75) is 31.9 Å². The molecule has 142 valence electrons. The van der Waals surface area contributed by atoms with E-state index in [1.807, 2.05) is 6.07 Å². The number of aromatic amines is 1. The molecule has 0 saturated carbocycles. The van der Waals surface area contributed by atoms with Gasteiger partial charge in [-0.15, -0.1) is 0 Å². The first-order valence-electron chi connectivity index (χ1n) is 9.54. The van der Waals surface area contributed by atoms with Crippen LogP contribution in [0.15, 0.2) is 30.0 Å². The third-order valence-electron chi connectivity index (χ3n) is 6.60. The molecule has 4 heterocycles. The van der Waals surface area contributed by atoms with Crippen LogP contribution in [0.2, 0.25) is 5.02 Å². The minimum atomic E-state index is -0.273. The summed E-state index contributed by atoms with van der Waals surface area (Å²) in [5.41, 5.74) is 4.46. The van der Waals surface area contributed by atoms with Crippen molar-refractivity contribution in [2.75, 3.05) is 20.2 Å². The van der Waals surface area contributed by atoms with Gasteiger partial charge in [0, 0.05) is 46.5 Å². The molecule has 27 heavy (non-hydrogen) atoms. The standard InChI is InChI=1S/C21H23ClN2O3/c1-11-16-9-24-6-5-13-15-7-12(22)3-4-18(15)23-20(13)19(24)8-14(16)17(10-27-11)21(25)26-2/h3-4,7,10-11,14,16,19,23H,5-6,8-9H2,1-2H3/t11-,14-,16+,19-/m0/s1. The van der Waals surface area contributed by atoms with Crippen molar-refractivity contribution < 1.29 is 14.3 Å². The molecule has 6 heteroatoms. The molecule has 0 radical (unpaired) electrons. The van der Waals surface area contributed by atoms with Gasteiger partial charge in [0.05, 0.1) is 31.1 Å². The second-order valence-electron chi connectivity index (χ2n) is 7.88. The number of hydrogen-bond donors (Lipinski definition) is 1. The van der Waals surface area contributed by atoms with Crippen LogP contribution in [-0.2, 0) is 20.7 Å². The molecular weight excluding hydrogens is 364 g/mol. The Labute approximate surface area is 163 Å². The van der Waals surface area contributed by atoms with Crippen LogP contribution in [0, 0.1) is 11.8 Å². The predicted molar refractivity (Wildman–Crippen MR) is 104 cm³/mol. The number of fused-ring (bicyclic) bond motifs is 6. The first-order chi connectivity index (χ1) is 13.1. The lowest BCUT2D eigenvalue weighted by Crippen LogP contribution is -2.51. The predicted octanol–water partition coefficient (Wildman–Crippen LogP) is 3.83. The largest absolute Gasteiger partial charge is 0.497 e. The Hall–Kier alpha value is -1.98. The number of H-pyrrole nitrogens is 1. The number of rotatable bonds is 1. The summed E-state index contributed by atoms with van der Waals surface area (Å²) in [5, 5.41) is 1.99. The fourth-order valence-corrected chi connectivity index (χ4v) is 5.38. The number of ether oxygens (including phenoxy) is 2. The summed E-state index contributed by atoms with van der Waals surface area (Å²) in [7, 11) is 1.44. The zero-order chi connectivity index (χ0) is 18.7. The van der Waals surface area contributed by atoms with Crippen molar-refractivity contribution in [1.29, 1.82) is 0 Å². The number of nitrogens with one attached hydrogen (secondary N) is 1. The van der Waals surface area contributed by atoms with E-state index in [9.17, 15) is 4.79 Å². The molecule has 1 aromatic carbocycles. The number of carbonyl (C=O) groups excluding carboxylic acids is 1. The molecule has 1 aromatic heterocycles. The number of aromatic nitrogens is 1. The van der Waals surface area contributed by atoms with Gasteiger partial charge < -0.3 is 14.5 Å². The smallest absolute Gasteiger partial charge is 0.337 e. The summed E-state index contributed by atoms with van der Waals surface area (Å²) < 4.78 is 10.8. The van der Waals surface area contributed by atoms with Gasteiger partial charge in [0.2, 0.25) is 0 Å². The molecule has 0 amide bonds. The first kappa shape index (κ1) is 17.1. The van der Waals surface area contributed by atoms with Gasteiger partial charge in [-0.25, -0.2) is 4.79 Å². The van der Waals surface area contributed by atoms with E-state index in [-0.39, 0.29) is 24.0 Å². The molecule has 4 atom stereocenters. The Kier molecular flexibility index (Phi) is 3.99. The van der Waals surface area contributed by atoms with E-state index >= 15 is 0 Å². The fraction of sp³-hybridized carbons (Fsp3) is 0.476. The Morgan fingerprint density at radius 3 is 3.07 bits per heavy atom. The van der Waals surface area contributed by atoms with Crippen LogP contribution in [0.5, 0.6) is 0 Å². The van der Waals surface area contributed by atoms with Gasteiger partial charge in [0.1, 0.15) is 0 Å². The molecule has 0 aliphatic carbocycles. The Morgan fingerprint density at radius 1 is 1.41 bits per heavy atom. The summed E-state index contributed by atoms with van der Waals surface area (Å²) in [6.45, 7) is 4.05. The van der Waals surface area contributed by atoms with Crippen molar-refractivity contribution in [2.24, 2.45) is 11.8 Å². The highest BCUT2D eigenvalue weighted by atomic mass is 35.5. The number of halogens is 1. The van der Waals surface area contributed by atoms with Gasteiger partial charge >= 0.3 is 5.97 Å². The van der Waals surface area contributed by atoms with Gasteiger partial charge in [-0.3, -0.25) is 4.90 Å². The van der Waals surface area contributed by atoms with E-state index in [1.54, 1.807) is 6.26 Å². The topological polar surface area (TPSA) is 54.6 Å². The zero-order valence-corrected chi connectivity index (χ0v) is 16.3. The SMILES string of the molecule is COC(=O)C1=CO[C@@H](C)[C@H]2CN3CCc4c([nH]c5ccc(Cl)cc45)[C@@H]3C[C@H]12. The minimum absolute atomic E-state index is 0.104. The third kappa shape index (κ3) is 2.59. The maximum Gasteiger partial charge on any atom is 0.337 e. The zero-order valence-electron chi connectivity index (χ0n) is 15.5. The quantitative estimate of drug-likeness (QED) is 0.757. The molecule has 1 fully saturated rings. The van der Waals surface area contributed by atoms with E-state index in [4.69, 9.17) is 21.1 Å². The van der Waals surface area contributed by atoms with Crippen LogP contribution in [-0.4, -0.2) is 42.2 Å². The lowest BCUT2D eigenvalue weighted by molar-refractivity contribution is -0.139. The van der Waals surface area contributed by atoms with Crippen LogP contribution in [0.3, 0.4) is 0 Å². The normalized spacial score (nSPS) is 30.0. The Balaban J connectivity index is 1.55. The van der Waals surface area contributed by atoms with Crippen molar-refractivity contribution >= 4 is 28.5 Å². The molecule has 0 bridgehead atoms. The molecule has 1 saturated heterocycles. The van der Waals surface area contributed by atoms with E-state index in [2.05, 4.69) is 28.9 Å². The van der Waals surface area contributed by atoms with Crippen LogP contribution < -0.4 is 0 Å². The van der Waals surface area contributed by atoms with E-state index in [0.29, 0.717) is 11.5 Å². The summed E-state index contributed by atoms with van der Waals surface area (Å²) in [6, 6.07) is 6.32. The lowest BCUT2D eigenvalue weighted by atomic mass is 9.72. The van der Waals surface area contributed by atoms with Crippen LogP contribution in [0.25, 0.3) is 10.9 Å². The molecule has 5 nitrogen and oxygen atoms in total. The minimum Gasteiger partial charge on any atom is -0.497 e. The Morgan fingerprint density at radius 2 is 2.26 bits per heavy atom. The number of nitrogens with zero attached hydrogens (tertiary/aromatic N) is 1. The summed E-state index contributed by atoms with van der Waals surface area (Å²) in [6.07, 6.45) is 3.64. The lowest BCUT2D eigenvalue weighted by Gasteiger charge is -2.49. The van der Waals surface area contributed by atoms with Crippen molar-refractivity contribution in [3.8, 4) is 0 Å². The second kappa shape index (κ2) is 6.28. The molecule has 5 rings (SSSR count). The highest BCUT2D eigenvalue weighted by molar-refractivity contribution is 6.31. The van der Waals surface area contributed by atoms with E-state index < -0.39 is 0 Å². The number of esters is 1. The third-order valence-corrected chi connectivity index (χ3v) is 6.83. The highest BCUT2D eigenvalue weighted by Gasteiger charge is 2.46. The number of methoxy groups -OCH3 is 1. The molecule has 3 aliphatic rings. The van der Waals surface area contributed by atoms with Crippen LogP contribution >= 0.6 is 11.6 Å². The number of carbonyl (C=O) groups is 1. The molecule has 0 spiro atoms. The maximum absolute atomic E-state index is 12.3. The van der Waals surface area contributed by atoms with Crippen molar-refractivity contribution in [1.82, 2.24) is 9.88 Å². The van der Waals surface area contributed by atoms with Crippen molar-refractivity contribution in [3.63, 3.8) is 0 Å². The molecule has 0 unspecified atom stereocenters. The molecular formula is C21H23ClN2O3. The summed E-state index contributed by atoms with van der Waals surface area (Å²) >= 11 is 6.24. The van der Waals surface area contributed by atoms with Gasteiger partial charge in [-0.1, -0.05) is 11.6 Å². The summed E-state index contributed by atoms with van der Waals surface area (Å²) in [5.74, 6) is 0.189. The Bertz CT molecular complexity index is 950. The van der Waals surface area contributed by atoms with Crippen LogP contribution in [0.1, 0.15) is 30.6 Å². The second-order valence-corrected chi connectivity index (χ2v) is 8.32. The number of piperidine rings is 1. The number of hydrogen-bond acceptors (Lipinski definition) is 4. The van der Waals surface area contributed by atoms with Gasteiger partial charge in [-0.05, 0) is 43.5 Å². The molecule has 2 aromatic rings. The molecule has 1 N–H and O–H groups in total. The first-order valence-corrected chi connectivity index (χ1v) is 9.92. The van der Waals surface area contributed by atoms with Crippen molar-refractivity contribution in [3.05, 3.63) is 46.3 Å². The summed E-state index contributed by atoms with van der Waals surface area (Å²) in [4.78, 5) is 18.5. The van der Waals surface area contributed by atoms with E-state index in [1.165, 1.54) is 23.8 Å². The van der Waals surface area contributed by atoms with Crippen LogP contribution in [0.4, 0.5) is 0 Å². The fourth-order valence-electron chi connectivity index (χ4n) is 5.21. The monoisotopic (exact) mass is 386 g/mol. The van der Waals surface area contributed by atoms with E-state index in [0.717, 1.165) is 36.5 Å². The van der Waals surface area contributed by atoms with Gasteiger partial charge in [-0.2, -0.15) is 0 Å².